The summed E-state index contributed by atoms with van der Waals surface area (Å²) in [6.45, 7) is 2.89. The molecule has 5 nitrogen and oxygen atoms in total. The van der Waals surface area contributed by atoms with Crippen LogP contribution in [0.5, 0.6) is 0 Å². The Kier molecular flexibility index (Phi) is 4.52. The minimum absolute atomic E-state index is 0.250. The Labute approximate surface area is 127 Å². The van der Waals surface area contributed by atoms with Gasteiger partial charge < -0.3 is 16.2 Å². The monoisotopic (exact) mass is 295 g/mol. The summed E-state index contributed by atoms with van der Waals surface area (Å²) in [6.07, 6.45) is 9.29. The molecule has 0 aromatic rings. The van der Waals surface area contributed by atoms with Crippen molar-refractivity contribution in [2.24, 2.45) is 17.4 Å². The molecule has 0 aromatic heterocycles. The third-order valence-electron chi connectivity index (χ3n) is 5.94. The summed E-state index contributed by atoms with van der Waals surface area (Å²) < 4.78 is 5.92. The third-order valence-corrected chi connectivity index (χ3v) is 5.94. The maximum absolute atomic E-state index is 11.7. The van der Waals surface area contributed by atoms with Crippen LogP contribution in [0.1, 0.15) is 51.4 Å². The fourth-order valence-electron chi connectivity index (χ4n) is 4.60. The minimum atomic E-state index is -0.766. The van der Waals surface area contributed by atoms with Crippen molar-refractivity contribution in [1.82, 2.24) is 4.90 Å². The standard InChI is InChI=1S/C16H29N3O2/c17-15(20)16(18)8-3-4-12(16)7-9-19-10-11-21-14-6-2-1-5-13(14)19/h12-14H,1-11,18H2,(H2,17,20). The number of rotatable bonds is 4. The first-order valence-corrected chi connectivity index (χ1v) is 8.56. The Balaban J connectivity index is 1.58. The van der Waals surface area contributed by atoms with Crippen LogP contribution in [0.3, 0.4) is 0 Å². The number of morpholine rings is 1. The maximum Gasteiger partial charge on any atom is 0.237 e. The number of carbonyl (C=O) groups excluding carboxylic acids is 1. The second-order valence-corrected chi connectivity index (χ2v) is 7.08. The van der Waals surface area contributed by atoms with Crippen LogP contribution in [0.2, 0.25) is 0 Å². The lowest BCUT2D eigenvalue weighted by molar-refractivity contribution is -0.124. The van der Waals surface area contributed by atoms with Crippen LogP contribution in [0.15, 0.2) is 0 Å². The van der Waals surface area contributed by atoms with Crippen LogP contribution in [0.4, 0.5) is 0 Å². The molecule has 4 atom stereocenters. The van der Waals surface area contributed by atoms with Gasteiger partial charge in [0, 0.05) is 12.6 Å². The number of nitrogens with zero attached hydrogens (tertiary/aromatic N) is 1. The van der Waals surface area contributed by atoms with Crippen molar-refractivity contribution < 1.29 is 9.53 Å². The number of hydrogen-bond donors (Lipinski definition) is 2. The van der Waals surface area contributed by atoms with Gasteiger partial charge in [-0.15, -0.1) is 0 Å². The number of carbonyl (C=O) groups is 1. The third kappa shape index (κ3) is 2.96. The second kappa shape index (κ2) is 6.23. The van der Waals surface area contributed by atoms with Crippen molar-refractivity contribution in [1.29, 1.82) is 0 Å². The van der Waals surface area contributed by atoms with Gasteiger partial charge >= 0.3 is 0 Å². The van der Waals surface area contributed by atoms with Crippen LogP contribution < -0.4 is 11.5 Å². The fraction of sp³-hybridized carbons (Fsp3) is 0.938. The van der Waals surface area contributed by atoms with Gasteiger partial charge in [-0.05, 0) is 44.6 Å². The Morgan fingerprint density at radius 3 is 2.86 bits per heavy atom. The summed E-state index contributed by atoms with van der Waals surface area (Å²) in [4.78, 5) is 14.3. The Morgan fingerprint density at radius 1 is 1.24 bits per heavy atom. The average Bonchev–Trinajstić information content (AvgIpc) is 2.87. The molecule has 21 heavy (non-hydrogen) atoms. The van der Waals surface area contributed by atoms with Gasteiger partial charge in [0.2, 0.25) is 5.91 Å². The molecule has 0 aromatic carbocycles. The average molecular weight is 295 g/mol. The minimum Gasteiger partial charge on any atom is -0.375 e. The predicted octanol–water partition coefficient (Wildman–Crippen LogP) is 1.00. The highest BCUT2D eigenvalue weighted by atomic mass is 16.5. The van der Waals surface area contributed by atoms with Gasteiger partial charge in [-0.3, -0.25) is 9.69 Å². The van der Waals surface area contributed by atoms with E-state index in [0.717, 1.165) is 45.4 Å². The molecular weight excluding hydrogens is 266 g/mol. The van der Waals surface area contributed by atoms with E-state index in [-0.39, 0.29) is 11.8 Å². The van der Waals surface area contributed by atoms with Crippen molar-refractivity contribution in [3.8, 4) is 0 Å². The number of nitrogens with two attached hydrogens (primary N) is 2. The smallest absolute Gasteiger partial charge is 0.237 e. The van der Waals surface area contributed by atoms with Crippen LogP contribution in [-0.4, -0.2) is 48.2 Å². The van der Waals surface area contributed by atoms with Crippen molar-refractivity contribution in [3.63, 3.8) is 0 Å². The second-order valence-electron chi connectivity index (χ2n) is 7.08. The molecule has 0 bridgehead atoms. The van der Waals surface area contributed by atoms with Gasteiger partial charge in [0.25, 0.3) is 0 Å². The highest BCUT2D eigenvalue weighted by molar-refractivity contribution is 5.85. The van der Waals surface area contributed by atoms with Crippen molar-refractivity contribution in [3.05, 3.63) is 0 Å². The van der Waals surface area contributed by atoms with E-state index in [4.69, 9.17) is 16.2 Å². The van der Waals surface area contributed by atoms with Gasteiger partial charge in [-0.25, -0.2) is 0 Å². The molecular formula is C16H29N3O2. The molecule has 3 rings (SSSR count). The van der Waals surface area contributed by atoms with E-state index in [2.05, 4.69) is 4.90 Å². The topological polar surface area (TPSA) is 81.6 Å². The summed E-state index contributed by atoms with van der Waals surface area (Å²) in [6, 6.07) is 0.578. The number of ether oxygens (including phenoxy) is 1. The Morgan fingerprint density at radius 2 is 2.05 bits per heavy atom. The van der Waals surface area contributed by atoms with Crippen LogP contribution in [0, 0.1) is 5.92 Å². The van der Waals surface area contributed by atoms with E-state index in [1.54, 1.807) is 0 Å². The first-order chi connectivity index (χ1) is 10.1. The quantitative estimate of drug-likeness (QED) is 0.811. The lowest BCUT2D eigenvalue weighted by atomic mass is 9.84. The molecule has 4 unspecified atom stereocenters. The molecule has 1 heterocycles. The van der Waals surface area contributed by atoms with E-state index in [1.165, 1.54) is 25.7 Å². The molecule has 2 saturated carbocycles. The number of primary amides is 1. The van der Waals surface area contributed by atoms with E-state index in [1.807, 2.05) is 0 Å². The molecule has 1 aliphatic heterocycles. The van der Waals surface area contributed by atoms with Crippen LogP contribution >= 0.6 is 0 Å². The van der Waals surface area contributed by atoms with E-state index < -0.39 is 5.54 Å². The van der Waals surface area contributed by atoms with E-state index in [0.29, 0.717) is 12.1 Å². The molecule has 5 heteroatoms. The summed E-state index contributed by atoms with van der Waals surface area (Å²) in [5, 5.41) is 0. The number of fused-ring (bicyclic) bond motifs is 1. The molecule has 1 amide bonds. The van der Waals surface area contributed by atoms with Gasteiger partial charge in [0.05, 0.1) is 18.2 Å². The summed E-state index contributed by atoms with van der Waals surface area (Å²) in [5.41, 5.74) is 11.0. The molecule has 120 valence electrons. The molecule has 4 N–H and O–H groups in total. The molecule has 3 aliphatic rings. The highest BCUT2D eigenvalue weighted by Crippen LogP contribution is 2.37. The lowest BCUT2D eigenvalue weighted by Gasteiger charge is -2.44. The van der Waals surface area contributed by atoms with E-state index in [9.17, 15) is 4.79 Å². The summed E-state index contributed by atoms with van der Waals surface area (Å²) in [5.74, 6) is -0.0672. The van der Waals surface area contributed by atoms with E-state index >= 15 is 0 Å². The predicted molar refractivity (Wildman–Crippen MR) is 81.6 cm³/mol. The first kappa shape index (κ1) is 15.3. The Hall–Kier alpha value is -0.650. The lowest BCUT2D eigenvalue weighted by Crippen LogP contribution is -2.56. The van der Waals surface area contributed by atoms with Crippen molar-refractivity contribution >= 4 is 5.91 Å². The SMILES string of the molecule is NC(=O)C1(N)CCCC1CCN1CCOC2CCCCC21. The first-order valence-electron chi connectivity index (χ1n) is 8.56. The van der Waals surface area contributed by atoms with Crippen molar-refractivity contribution in [2.45, 2.75) is 69.1 Å². The maximum atomic E-state index is 11.7. The van der Waals surface area contributed by atoms with Gasteiger partial charge in [-0.2, -0.15) is 0 Å². The fourth-order valence-corrected chi connectivity index (χ4v) is 4.60. The zero-order valence-electron chi connectivity index (χ0n) is 12.9. The summed E-state index contributed by atoms with van der Waals surface area (Å²) >= 11 is 0. The van der Waals surface area contributed by atoms with Crippen LogP contribution in [0.25, 0.3) is 0 Å². The number of amides is 1. The molecule has 1 saturated heterocycles. The zero-order chi connectivity index (χ0) is 14.9. The number of hydrogen-bond acceptors (Lipinski definition) is 4. The molecule has 0 radical (unpaired) electrons. The van der Waals surface area contributed by atoms with Crippen LogP contribution in [-0.2, 0) is 9.53 Å². The van der Waals surface area contributed by atoms with Gasteiger partial charge in [0.15, 0.2) is 0 Å². The molecule has 2 aliphatic carbocycles. The zero-order valence-corrected chi connectivity index (χ0v) is 12.9. The normalized spacial score (nSPS) is 40.9. The highest BCUT2D eigenvalue weighted by Gasteiger charge is 2.44. The Bertz CT molecular complexity index is 388. The van der Waals surface area contributed by atoms with Gasteiger partial charge in [0.1, 0.15) is 0 Å². The van der Waals surface area contributed by atoms with Gasteiger partial charge in [-0.1, -0.05) is 19.3 Å². The summed E-state index contributed by atoms with van der Waals surface area (Å²) in [7, 11) is 0. The van der Waals surface area contributed by atoms with Crippen molar-refractivity contribution in [2.75, 3.05) is 19.7 Å². The molecule has 3 fully saturated rings. The molecule has 0 spiro atoms. The largest absolute Gasteiger partial charge is 0.375 e.